The molecule has 1 heterocycles. The maximum atomic E-state index is 5.87. The number of benzene rings is 1. The topological polar surface area (TPSA) is 34.4 Å². The Balaban J connectivity index is 2.02. The maximum Gasteiger partial charge on any atom is 0.146 e. The zero-order chi connectivity index (χ0) is 15.4. The summed E-state index contributed by atoms with van der Waals surface area (Å²) in [7, 11) is 0. The number of aryl methyl sites for hydroxylation is 2. The van der Waals surface area contributed by atoms with Gasteiger partial charge in [0.25, 0.3) is 0 Å². The van der Waals surface area contributed by atoms with Crippen LogP contribution in [0.15, 0.2) is 33.4 Å². The Morgan fingerprint density at radius 3 is 2.52 bits per heavy atom. The molecule has 1 N–H and O–H groups in total. The minimum absolute atomic E-state index is 0.447. The molecule has 2 rings (SSSR count). The van der Waals surface area contributed by atoms with Crippen molar-refractivity contribution in [3.05, 3.63) is 51.4 Å². The minimum atomic E-state index is 0.447. The first-order chi connectivity index (χ1) is 9.97. The maximum absolute atomic E-state index is 5.87. The molecular formula is C17H22BrNO2. The molecular weight excluding hydrogens is 330 g/mol. The van der Waals surface area contributed by atoms with E-state index >= 15 is 0 Å². The van der Waals surface area contributed by atoms with Gasteiger partial charge in [-0.3, -0.25) is 0 Å². The quantitative estimate of drug-likeness (QED) is 0.816. The van der Waals surface area contributed by atoms with Gasteiger partial charge in [0.1, 0.15) is 18.1 Å². The van der Waals surface area contributed by atoms with Gasteiger partial charge in [0.15, 0.2) is 0 Å². The molecule has 0 unspecified atom stereocenters. The molecule has 1 aromatic heterocycles. The molecule has 21 heavy (non-hydrogen) atoms. The third-order valence-corrected chi connectivity index (χ3v) is 4.57. The van der Waals surface area contributed by atoms with Crippen molar-refractivity contribution in [2.24, 2.45) is 0 Å². The third kappa shape index (κ3) is 4.35. The van der Waals surface area contributed by atoms with Crippen LogP contribution in [0.3, 0.4) is 0 Å². The van der Waals surface area contributed by atoms with Gasteiger partial charge in [-0.1, -0.05) is 29.8 Å². The predicted octanol–water partition coefficient (Wildman–Crippen LogP) is 4.74. The van der Waals surface area contributed by atoms with E-state index in [1.807, 2.05) is 18.2 Å². The first kappa shape index (κ1) is 16.1. The summed E-state index contributed by atoms with van der Waals surface area (Å²) in [6, 6.07) is 6.51. The summed E-state index contributed by atoms with van der Waals surface area (Å²) in [5.41, 5.74) is 3.49. The van der Waals surface area contributed by atoms with E-state index in [0.29, 0.717) is 12.6 Å². The summed E-state index contributed by atoms with van der Waals surface area (Å²) < 4.78 is 12.5. The second-order valence-corrected chi connectivity index (χ2v) is 6.36. The number of hydrogen-bond donors (Lipinski definition) is 1. The first-order valence-electron chi connectivity index (χ1n) is 7.15. The van der Waals surface area contributed by atoms with E-state index in [9.17, 15) is 0 Å². The fraction of sp³-hybridized carbons (Fsp3) is 0.412. The lowest BCUT2D eigenvalue weighted by Gasteiger charge is -2.11. The number of halogens is 1. The van der Waals surface area contributed by atoms with E-state index in [-0.39, 0.29) is 0 Å². The van der Waals surface area contributed by atoms with E-state index < -0.39 is 0 Å². The highest BCUT2D eigenvalue weighted by Gasteiger charge is 2.09. The van der Waals surface area contributed by atoms with Crippen LogP contribution in [0, 0.1) is 13.8 Å². The molecule has 114 valence electrons. The van der Waals surface area contributed by atoms with Crippen LogP contribution in [0.5, 0.6) is 5.75 Å². The molecule has 0 atom stereocenters. The molecule has 0 radical (unpaired) electrons. The van der Waals surface area contributed by atoms with Crippen molar-refractivity contribution < 1.29 is 9.15 Å². The summed E-state index contributed by atoms with van der Waals surface area (Å²) >= 11 is 3.57. The highest BCUT2D eigenvalue weighted by Crippen LogP contribution is 2.27. The van der Waals surface area contributed by atoms with Crippen LogP contribution in [-0.2, 0) is 13.2 Å². The number of hydrogen-bond acceptors (Lipinski definition) is 3. The van der Waals surface area contributed by atoms with Crippen molar-refractivity contribution in [2.45, 2.75) is 46.9 Å². The number of furan rings is 1. The summed E-state index contributed by atoms with van der Waals surface area (Å²) in [6.07, 6.45) is 1.72. The highest BCUT2D eigenvalue weighted by molar-refractivity contribution is 9.10. The van der Waals surface area contributed by atoms with Crippen molar-refractivity contribution >= 4 is 15.9 Å². The SMILES string of the molecule is Cc1cc(OCc2occc2CNC(C)C)cc(C)c1Br. The Morgan fingerprint density at radius 1 is 1.24 bits per heavy atom. The molecule has 0 saturated heterocycles. The van der Waals surface area contributed by atoms with E-state index in [0.717, 1.165) is 28.1 Å². The van der Waals surface area contributed by atoms with Crippen molar-refractivity contribution in [3.8, 4) is 5.75 Å². The molecule has 0 aliphatic carbocycles. The van der Waals surface area contributed by atoms with Gasteiger partial charge < -0.3 is 14.5 Å². The number of ether oxygens (including phenoxy) is 1. The van der Waals surface area contributed by atoms with Gasteiger partial charge in [-0.15, -0.1) is 0 Å². The second kappa shape index (κ2) is 7.14. The smallest absolute Gasteiger partial charge is 0.146 e. The summed E-state index contributed by atoms with van der Waals surface area (Å²) in [4.78, 5) is 0. The number of nitrogens with one attached hydrogen (secondary N) is 1. The third-order valence-electron chi connectivity index (χ3n) is 3.32. The molecule has 1 aromatic carbocycles. The lowest BCUT2D eigenvalue weighted by Crippen LogP contribution is -2.22. The molecule has 4 heteroatoms. The number of rotatable bonds is 6. The van der Waals surface area contributed by atoms with Gasteiger partial charge in [-0.25, -0.2) is 0 Å². The van der Waals surface area contributed by atoms with E-state index in [1.54, 1.807) is 6.26 Å². The van der Waals surface area contributed by atoms with Crippen LogP contribution in [0.1, 0.15) is 36.3 Å². The van der Waals surface area contributed by atoms with E-state index in [4.69, 9.17) is 9.15 Å². The molecule has 3 nitrogen and oxygen atoms in total. The van der Waals surface area contributed by atoms with Gasteiger partial charge in [-0.05, 0) is 43.2 Å². The van der Waals surface area contributed by atoms with Gasteiger partial charge in [0.05, 0.1) is 6.26 Å². The monoisotopic (exact) mass is 351 g/mol. The van der Waals surface area contributed by atoms with Crippen molar-refractivity contribution in [3.63, 3.8) is 0 Å². The Kier molecular flexibility index (Phi) is 5.48. The Bertz CT molecular complexity index is 582. The van der Waals surface area contributed by atoms with Gasteiger partial charge in [0, 0.05) is 22.6 Å². The molecule has 0 aliphatic heterocycles. The largest absolute Gasteiger partial charge is 0.486 e. The summed E-state index contributed by atoms with van der Waals surface area (Å²) in [5, 5.41) is 3.39. The van der Waals surface area contributed by atoms with Crippen molar-refractivity contribution in [1.82, 2.24) is 5.32 Å². The van der Waals surface area contributed by atoms with Gasteiger partial charge in [-0.2, -0.15) is 0 Å². The van der Waals surface area contributed by atoms with Crippen LogP contribution >= 0.6 is 15.9 Å². The molecule has 0 amide bonds. The zero-order valence-electron chi connectivity index (χ0n) is 13.0. The second-order valence-electron chi connectivity index (χ2n) is 5.56. The van der Waals surface area contributed by atoms with Gasteiger partial charge in [0.2, 0.25) is 0 Å². The molecule has 0 spiro atoms. The van der Waals surface area contributed by atoms with Crippen LogP contribution in [-0.4, -0.2) is 6.04 Å². The minimum Gasteiger partial charge on any atom is -0.486 e. The van der Waals surface area contributed by atoms with E-state index in [2.05, 4.69) is 48.9 Å². The van der Waals surface area contributed by atoms with Crippen molar-refractivity contribution in [2.75, 3.05) is 0 Å². The average Bonchev–Trinajstić information content (AvgIpc) is 2.87. The highest BCUT2D eigenvalue weighted by atomic mass is 79.9. The van der Waals surface area contributed by atoms with Crippen molar-refractivity contribution in [1.29, 1.82) is 0 Å². The Labute approximate surface area is 134 Å². The summed E-state index contributed by atoms with van der Waals surface area (Å²) in [5.74, 6) is 1.74. The standard InChI is InChI=1S/C17H22BrNO2/c1-11(2)19-9-14-5-6-20-16(14)10-21-15-7-12(3)17(18)13(4)8-15/h5-8,11,19H,9-10H2,1-4H3. The lowest BCUT2D eigenvalue weighted by molar-refractivity contribution is 0.267. The van der Waals surface area contributed by atoms with Crippen LogP contribution in [0.4, 0.5) is 0 Å². The fourth-order valence-electron chi connectivity index (χ4n) is 2.10. The Morgan fingerprint density at radius 2 is 1.90 bits per heavy atom. The normalized spacial score (nSPS) is 11.1. The molecule has 0 fully saturated rings. The molecule has 0 saturated carbocycles. The lowest BCUT2D eigenvalue weighted by atomic mass is 10.1. The molecule has 0 aliphatic rings. The van der Waals surface area contributed by atoms with E-state index in [1.165, 1.54) is 11.1 Å². The molecule has 0 bridgehead atoms. The fourth-order valence-corrected chi connectivity index (χ4v) is 2.33. The molecule has 2 aromatic rings. The first-order valence-corrected chi connectivity index (χ1v) is 7.95. The zero-order valence-corrected chi connectivity index (χ0v) is 14.6. The van der Waals surface area contributed by atoms with Crippen LogP contribution in [0.25, 0.3) is 0 Å². The predicted molar refractivity (Wildman–Crippen MR) is 88.6 cm³/mol. The Hall–Kier alpha value is -1.26. The van der Waals surface area contributed by atoms with Crippen LogP contribution < -0.4 is 10.1 Å². The average molecular weight is 352 g/mol. The van der Waals surface area contributed by atoms with Crippen LogP contribution in [0.2, 0.25) is 0 Å². The van der Waals surface area contributed by atoms with Gasteiger partial charge >= 0.3 is 0 Å². The summed E-state index contributed by atoms with van der Waals surface area (Å²) in [6.45, 7) is 9.63.